The highest BCUT2D eigenvalue weighted by Gasteiger charge is 2.17. The first-order valence-corrected chi connectivity index (χ1v) is 10.2. The average molecular weight is 382 g/mol. The number of nitrogens with one attached hydrogen (secondary N) is 1. The summed E-state index contributed by atoms with van der Waals surface area (Å²) in [7, 11) is -3.58. The Kier molecular flexibility index (Phi) is 5.39. The molecule has 1 N–H and O–H groups in total. The van der Waals surface area contributed by atoms with Crippen LogP contribution in [0.3, 0.4) is 0 Å². The van der Waals surface area contributed by atoms with Gasteiger partial charge in [-0.1, -0.05) is 32.9 Å². The number of aromatic nitrogens is 2. The molecule has 1 aromatic carbocycles. The molecule has 0 saturated heterocycles. The van der Waals surface area contributed by atoms with E-state index in [1.54, 1.807) is 36.8 Å². The maximum absolute atomic E-state index is 12.6. The summed E-state index contributed by atoms with van der Waals surface area (Å²) in [5.41, 5.74) is 3.56. The number of nitrogens with zero attached hydrogens (tertiary/aromatic N) is 2. The predicted octanol–water partition coefficient (Wildman–Crippen LogP) is 3.92. The third kappa shape index (κ3) is 4.78. The Morgan fingerprint density at radius 1 is 1.00 bits per heavy atom. The zero-order chi connectivity index (χ0) is 19.5. The average Bonchev–Trinajstić information content (AvgIpc) is 2.67. The number of pyridine rings is 2. The van der Waals surface area contributed by atoms with Gasteiger partial charge >= 0.3 is 0 Å². The minimum atomic E-state index is -3.58. The van der Waals surface area contributed by atoms with Crippen LogP contribution in [0.4, 0.5) is 0 Å². The van der Waals surface area contributed by atoms with Gasteiger partial charge in [0.25, 0.3) is 0 Å². The van der Waals surface area contributed by atoms with Gasteiger partial charge in [0, 0.05) is 30.7 Å². The second-order valence-electron chi connectivity index (χ2n) is 7.39. The van der Waals surface area contributed by atoms with Crippen LogP contribution in [0.2, 0.25) is 0 Å². The summed E-state index contributed by atoms with van der Waals surface area (Å²) in [6, 6.07) is 14.4. The zero-order valence-corrected chi connectivity index (χ0v) is 16.5. The molecular formula is C21H23N3O2S. The highest BCUT2D eigenvalue weighted by molar-refractivity contribution is 7.89. The molecule has 0 aliphatic rings. The monoisotopic (exact) mass is 381 g/mol. The third-order valence-electron chi connectivity index (χ3n) is 4.28. The van der Waals surface area contributed by atoms with Crippen LogP contribution in [0.25, 0.3) is 11.3 Å². The fraction of sp³-hybridized carbons (Fsp3) is 0.238. The van der Waals surface area contributed by atoms with Gasteiger partial charge in [-0.3, -0.25) is 9.97 Å². The standard InChI is InChI=1S/C21H23N3O2S/c1-21(2,3)18-6-8-19(9-7-18)27(25,26)24-14-16-10-12-23-20(13-16)17-5-4-11-22-15-17/h4-13,15,24H,14H2,1-3H3. The van der Waals surface area contributed by atoms with Crippen molar-refractivity contribution in [2.75, 3.05) is 0 Å². The van der Waals surface area contributed by atoms with Crippen LogP contribution in [0, 0.1) is 0 Å². The van der Waals surface area contributed by atoms with Crippen LogP contribution in [0.1, 0.15) is 31.9 Å². The summed E-state index contributed by atoms with van der Waals surface area (Å²) in [5.74, 6) is 0. The molecule has 0 radical (unpaired) electrons. The molecule has 2 aromatic heterocycles. The molecule has 0 spiro atoms. The molecule has 0 bridgehead atoms. The smallest absolute Gasteiger partial charge is 0.240 e. The van der Waals surface area contributed by atoms with Crippen molar-refractivity contribution in [3.05, 3.63) is 78.2 Å². The van der Waals surface area contributed by atoms with E-state index >= 15 is 0 Å². The number of benzene rings is 1. The fourth-order valence-corrected chi connectivity index (χ4v) is 3.67. The Hall–Kier alpha value is -2.57. The lowest BCUT2D eigenvalue weighted by atomic mass is 9.87. The third-order valence-corrected chi connectivity index (χ3v) is 5.70. The van der Waals surface area contributed by atoms with E-state index in [-0.39, 0.29) is 16.9 Å². The number of rotatable bonds is 5. The summed E-state index contributed by atoms with van der Waals surface area (Å²) in [4.78, 5) is 8.68. The molecule has 3 aromatic rings. The molecule has 5 nitrogen and oxygen atoms in total. The molecule has 2 heterocycles. The van der Waals surface area contributed by atoms with E-state index in [0.717, 1.165) is 22.4 Å². The van der Waals surface area contributed by atoms with Gasteiger partial charge < -0.3 is 0 Å². The minimum absolute atomic E-state index is 0.0184. The number of hydrogen-bond acceptors (Lipinski definition) is 4. The minimum Gasteiger partial charge on any atom is -0.264 e. The highest BCUT2D eigenvalue weighted by Crippen LogP contribution is 2.23. The van der Waals surface area contributed by atoms with E-state index < -0.39 is 10.0 Å². The van der Waals surface area contributed by atoms with Crippen molar-refractivity contribution in [2.24, 2.45) is 0 Å². The van der Waals surface area contributed by atoms with Crippen LogP contribution >= 0.6 is 0 Å². The Bertz CT molecular complexity index is 1010. The molecule has 140 valence electrons. The first-order chi connectivity index (χ1) is 12.8. The van der Waals surface area contributed by atoms with Crippen LogP contribution < -0.4 is 4.72 Å². The predicted molar refractivity (Wildman–Crippen MR) is 107 cm³/mol. The van der Waals surface area contributed by atoms with E-state index in [1.807, 2.05) is 30.3 Å². The normalized spacial score (nSPS) is 12.1. The summed E-state index contributed by atoms with van der Waals surface area (Å²) < 4.78 is 27.8. The second kappa shape index (κ2) is 7.58. The lowest BCUT2D eigenvalue weighted by molar-refractivity contribution is 0.578. The lowest BCUT2D eigenvalue weighted by Crippen LogP contribution is -2.23. The van der Waals surface area contributed by atoms with E-state index in [2.05, 4.69) is 35.5 Å². The quantitative estimate of drug-likeness (QED) is 0.727. The molecule has 0 aliphatic carbocycles. The Balaban J connectivity index is 1.74. The van der Waals surface area contributed by atoms with Gasteiger partial charge in [0.2, 0.25) is 10.0 Å². The zero-order valence-electron chi connectivity index (χ0n) is 15.7. The highest BCUT2D eigenvalue weighted by atomic mass is 32.2. The molecular weight excluding hydrogens is 358 g/mol. The van der Waals surface area contributed by atoms with Crippen LogP contribution in [0.15, 0.2) is 72.0 Å². The van der Waals surface area contributed by atoms with Gasteiger partial charge in [-0.15, -0.1) is 0 Å². The SMILES string of the molecule is CC(C)(C)c1ccc(S(=O)(=O)NCc2ccnc(-c3cccnc3)c2)cc1. The van der Waals surface area contributed by atoms with Crippen molar-refractivity contribution < 1.29 is 8.42 Å². The maximum Gasteiger partial charge on any atom is 0.240 e. The van der Waals surface area contributed by atoms with Crippen molar-refractivity contribution in [3.8, 4) is 11.3 Å². The van der Waals surface area contributed by atoms with E-state index in [1.165, 1.54) is 0 Å². The van der Waals surface area contributed by atoms with Crippen molar-refractivity contribution in [1.29, 1.82) is 0 Å². The summed E-state index contributed by atoms with van der Waals surface area (Å²) in [6.45, 7) is 6.48. The van der Waals surface area contributed by atoms with Gasteiger partial charge in [-0.25, -0.2) is 13.1 Å². The van der Waals surface area contributed by atoms with Crippen molar-refractivity contribution in [3.63, 3.8) is 0 Å². The Morgan fingerprint density at radius 3 is 2.37 bits per heavy atom. The summed E-state index contributed by atoms with van der Waals surface area (Å²) in [6.07, 6.45) is 5.10. The molecule has 3 rings (SSSR count). The maximum atomic E-state index is 12.6. The lowest BCUT2D eigenvalue weighted by Gasteiger charge is -2.19. The molecule has 0 unspecified atom stereocenters. The Morgan fingerprint density at radius 2 is 1.74 bits per heavy atom. The molecule has 0 amide bonds. The fourth-order valence-electron chi connectivity index (χ4n) is 2.65. The van der Waals surface area contributed by atoms with Crippen molar-refractivity contribution in [1.82, 2.24) is 14.7 Å². The number of sulfonamides is 1. The second-order valence-corrected chi connectivity index (χ2v) is 9.16. The van der Waals surface area contributed by atoms with Crippen LogP contribution in [-0.4, -0.2) is 18.4 Å². The van der Waals surface area contributed by atoms with Gasteiger partial charge in [-0.2, -0.15) is 0 Å². The molecule has 0 atom stereocenters. The molecule has 0 fully saturated rings. The van der Waals surface area contributed by atoms with E-state index in [4.69, 9.17) is 0 Å². The first-order valence-electron chi connectivity index (χ1n) is 8.71. The van der Waals surface area contributed by atoms with Crippen LogP contribution in [-0.2, 0) is 22.0 Å². The van der Waals surface area contributed by atoms with E-state index in [9.17, 15) is 8.42 Å². The van der Waals surface area contributed by atoms with Gasteiger partial charge in [-0.05, 0) is 52.9 Å². The molecule has 6 heteroatoms. The van der Waals surface area contributed by atoms with Gasteiger partial charge in [0.1, 0.15) is 0 Å². The van der Waals surface area contributed by atoms with Gasteiger partial charge in [0.05, 0.1) is 10.6 Å². The summed E-state index contributed by atoms with van der Waals surface area (Å²) >= 11 is 0. The topological polar surface area (TPSA) is 72.0 Å². The van der Waals surface area contributed by atoms with Crippen LogP contribution in [0.5, 0.6) is 0 Å². The largest absolute Gasteiger partial charge is 0.264 e. The van der Waals surface area contributed by atoms with Gasteiger partial charge in [0.15, 0.2) is 0 Å². The molecule has 0 saturated carbocycles. The first kappa shape index (κ1) is 19.2. The van der Waals surface area contributed by atoms with Crippen molar-refractivity contribution >= 4 is 10.0 Å². The van der Waals surface area contributed by atoms with E-state index in [0.29, 0.717) is 0 Å². The summed E-state index contributed by atoms with van der Waals surface area (Å²) in [5, 5.41) is 0. The number of hydrogen-bond donors (Lipinski definition) is 1. The molecule has 27 heavy (non-hydrogen) atoms. The Labute approximate surface area is 160 Å². The van der Waals surface area contributed by atoms with Crippen molar-refractivity contribution in [2.45, 2.75) is 37.6 Å². The molecule has 0 aliphatic heterocycles.